The normalized spacial score (nSPS) is 9.64. The predicted octanol–water partition coefficient (Wildman–Crippen LogP) is 1.16. The zero-order valence-corrected chi connectivity index (χ0v) is 8.94. The minimum Gasteiger partial charge on any atom is -0.366 e. The first-order chi connectivity index (χ1) is 6.63. The molecule has 0 aromatic carbocycles. The Morgan fingerprint density at radius 3 is 2.86 bits per heavy atom. The van der Waals surface area contributed by atoms with Gasteiger partial charge in [-0.15, -0.1) is 0 Å². The average molecular weight is 213 g/mol. The summed E-state index contributed by atoms with van der Waals surface area (Å²) in [4.78, 5) is 5.41. The van der Waals surface area contributed by atoms with E-state index in [0.717, 1.165) is 5.56 Å². The minimum absolute atomic E-state index is 0.465. The molecule has 1 rings (SSSR count). The lowest BCUT2D eigenvalue weighted by Gasteiger charge is -2.18. The number of thiocarbonyl (C=S) groups is 1. The molecular weight excluding hydrogens is 201 g/mol. The van der Waals surface area contributed by atoms with Gasteiger partial charge in [0.05, 0.1) is 0 Å². The maximum Gasteiger partial charge on any atom is 0.212 e. The maximum absolute atomic E-state index is 12.5. The molecule has 0 aliphatic rings. The summed E-state index contributed by atoms with van der Waals surface area (Å²) < 4.78 is 12.5. The molecule has 0 amide bonds. The minimum atomic E-state index is -0.465. The standard InChI is InChI=1S/C9H12FN3S/c1-11-9(14)13(2)6-7-3-4-8(10)12-5-7/h3-5H,6H2,1-2H3,(H,11,14). The van der Waals surface area contributed by atoms with Gasteiger partial charge < -0.3 is 10.2 Å². The molecule has 3 nitrogen and oxygen atoms in total. The van der Waals surface area contributed by atoms with Crippen molar-refractivity contribution >= 4 is 17.3 Å². The van der Waals surface area contributed by atoms with Crippen molar-refractivity contribution in [2.24, 2.45) is 0 Å². The summed E-state index contributed by atoms with van der Waals surface area (Å²) in [5.41, 5.74) is 0.923. The summed E-state index contributed by atoms with van der Waals surface area (Å²) in [6, 6.07) is 3.03. The molecule has 76 valence electrons. The van der Waals surface area contributed by atoms with Crippen LogP contribution in [0.25, 0.3) is 0 Å². The third-order valence-electron chi connectivity index (χ3n) is 1.77. The van der Waals surface area contributed by atoms with Gasteiger partial charge in [-0.05, 0) is 23.8 Å². The Balaban J connectivity index is 2.60. The lowest BCUT2D eigenvalue weighted by atomic mass is 10.3. The van der Waals surface area contributed by atoms with Gasteiger partial charge in [-0.3, -0.25) is 0 Å². The summed E-state index contributed by atoms with van der Waals surface area (Å²) in [5, 5.41) is 3.51. The SMILES string of the molecule is CNC(=S)N(C)Cc1ccc(F)nc1. The number of halogens is 1. The number of aromatic nitrogens is 1. The molecule has 1 heterocycles. The molecule has 0 aliphatic carbocycles. The lowest BCUT2D eigenvalue weighted by molar-refractivity contribution is 0.491. The van der Waals surface area contributed by atoms with Crippen molar-refractivity contribution in [1.29, 1.82) is 0 Å². The number of pyridine rings is 1. The van der Waals surface area contributed by atoms with Crippen molar-refractivity contribution in [3.8, 4) is 0 Å². The van der Waals surface area contributed by atoms with Crippen molar-refractivity contribution in [2.45, 2.75) is 6.54 Å². The molecule has 1 N–H and O–H groups in total. The Kier molecular flexibility index (Phi) is 3.76. The van der Waals surface area contributed by atoms with Gasteiger partial charge in [-0.25, -0.2) is 4.98 Å². The smallest absolute Gasteiger partial charge is 0.212 e. The molecule has 1 aromatic rings. The molecule has 14 heavy (non-hydrogen) atoms. The van der Waals surface area contributed by atoms with E-state index in [9.17, 15) is 4.39 Å². The van der Waals surface area contributed by atoms with Crippen LogP contribution in [0.15, 0.2) is 18.3 Å². The molecule has 0 saturated heterocycles. The van der Waals surface area contributed by atoms with E-state index in [1.807, 2.05) is 11.9 Å². The zero-order valence-electron chi connectivity index (χ0n) is 8.12. The summed E-state index contributed by atoms with van der Waals surface area (Å²) in [6.45, 7) is 0.618. The molecule has 0 spiro atoms. The highest BCUT2D eigenvalue weighted by molar-refractivity contribution is 7.80. The van der Waals surface area contributed by atoms with E-state index in [2.05, 4.69) is 10.3 Å². The third-order valence-corrected chi connectivity index (χ3v) is 2.28. The van der Waals surface area contributed by atoms with Crippen LogP contribution in [0.3, 0.4) is 0 Å². The highest BCUT2D eigenvalue weighted by Gasteiger charge is 2.03. The van der Waals surface area contributed by atoms with Crippen molar-refractivity contribution in [3.05, 3.63) is 29.8 Å². The highest BCUT2D eigenvalue weighted by atomic mass is 32.1. The molecule has 5 heteroatoms. The van der Waals surface area contributed by atoms with Crippen molar-refractivity contribution in [3.63, 3.8) is 0 Å². The van der Waals surface area contributed by atoms with Crippen LogP contribution < -0.4 is 5.32 Å². The first-order valence-corrected chi connectivity index (χ1v) is 4.57. The van der Waals surface area contributed by atoms with E-state index in [0.29, 0.717) is 11.7 Å². The fourth-order valence-corrected chi connectivity index (χ4v) is 1.10. The lowest BCUT2D eigenvalue weighted by Crippen LogP contribution is -2.34. The second-order valence-electron chi connectivity index (χ2n) is 2.90. The fourth-order valence-electron chi connectivity index (χ4n) is 1.04. The van der Waals surface area contributed by atoms with E-state index < -0.39 is 5.95 Å². The molecule has 0 bridgehead atoms. The Morgan fingerprint density at radius 2 is 2.36 bits per heavy atom. The summed E-state index contributed by atoms with van der Waals surface area (Å²) in [7, 11) is 3.63. The highest BCUT2D eigenvalue weighted by Crippen LogP contribution is 2.02. The molecule has 0 fully saturated rings. The number of nitrogens with one attached hydrogen (secondary N) is 1. The Labute approximate surface area is 87.9 Å². The van der Waals surface area contributed by atoms with Crippen molar-refractivity contribution in [2.75, 3.05) is 14.1 Å². The van der Waals surface area contributed by atoms with Crippen LogP contribution in [0.4, 0.5) is 4.39 Å². The number of hydrogen-bond donors (Lipinski definition) is 1. The molecule has 0 saturated carbocycles. The van der Waals surface area contributed by atoms with Gasteiger partial charge in [0.15, 0.2) is 5.11 Å². The second-order valence-corrected chi connectivity index (χ2v) is 3.29. The van der Waals surface area contributed by atoms with E-state index in [1.165, 1.54) is 12.3 Å². The van der Waals surface area contributed by atoms with Crippen molar-refractivity contribution < 1.29 is 4.39 Å². The van der Waals surface area contributed by atoms with Gasteiger partial charge in [0.1, 0.15) is 0 Å². The Morgan fingerprint density at radius 1 is 1.64 bits per heavy atom. The summed E-state index contributed by atoms with van der Waals surface area (Å²) >= 11 is 5.02. The number of rotatable bonds is 2. The third kappa shape index (κ3) is 2.92. The van der Waals surface area contributed by atoms with Crippen molar-refractivity contribution in [1.82, 2.24) is 15.2 Å². The van der Waals surface area contributed by atoms with Crippen LogP contribution in [0.2, 0.25) is 0 Å². The second kappa shape index (κ2) is 4.85. The molecule has 1 aromatic heterocycles. The summed E-state index contributed by atoms with van der Waals surface area (Å²) in [6.07, 6.45) is 1.50. The van der Waals surface area contributed by atoms with Gasteiger partial charge in [-0.1, -0.05) is 6.07 Å². The number of nitrogens with zero attached hydrogens (tertiary/aromatic N) is 2. The van der Waals surface area contributed by atoms with Crippen LogP contribution in [0, 0.1) is 5.95 Å². The van der Waals surface area contributed by atoms with E-state index >= 15 is 0 Å². The van der Waals surface area contributed by atoms with E-state index in [1.54, 1.807) is 13.1 Å². The Hall–Kier alpha value is -1.23. The topological polar surface area (TPSA) is 28.2 Å². The molecule has 0 aliphatic heterocycles. The maximum atomic E-state index is 12.5. The van der Waals surface area contributed by atoms with Gasteiger partial charge in [0, 0.05) is 26.8 Å². The average Bonchev–Trinajstić information content (AvgIpc) is 2.20. The van der Waals surface area contributed by atoms with Crippen LogP contribution in [-0.4, -0.2) is 29.1 Å². The van der Waals surface area contributed by atoms with Crippen LogP contribution in [0.1, 0.15) is 5.56 Å². The summed E-state index contributed by atoms with van der Waals surface area (Å²) in [5.74, 6) is -0.465. The first-order valence-electron chi connectivity index (χ1n) is 4.16. The van der Waals surface area contributed by atoms with Gasteiger partial charge in [-0.2, -0.15) is 4.39 Å². The van der Waals surface area contributed by atoms with Gasteiger partial charge in [0.25, 0.3) is 0 Å². The van der Waals surface area contributed by atoms with Crippen LogP contribution >= 0.6 is 12.2 Å². The predicted molar refractivity (Wildman–Crippen MR) is 57.3 cm³/mol. The van der Waals surface area contributed by atoms with Crippen LogP contribution in [0.5, 0.6) is 0 Å². The zero-order chi connectivity index (χ0) is 10.6. The van der Waals surface area contributed by atoms with E-state index in [-0.39, 0.29) is 0 Å². The number of hydrogen-bond acceptors (Lipinski definition) is 2. The largest absolute Gasteiger partial charge is 0.366 e. The molecule has 0 unspecified atom stereocenters. The first kappa shape index (κ1) is 10.8. The van der Waals surface area contributed by atoms with Gasteiger partial charge in [0.2, 0.25) is 5.95 Å². The Bertz CT molecular complexity index is 312. The molecule has 0 radical (unpaired) electrons. The fraction of sp³-hybridized carbons (Fsp3) is 0.333. The molecule has 0 atom stereocenters. The quantitative estimate of drug-likeness (QED) is 0.589. The molecular formula is C9H12FN3S. The van der Waals surface area contributed by atoms with Crippen LogP contribution in [-0.2, 0) is 6.54 Å². The van der Waals surface area contributed by atoms with Gasteiger partial charge >= 0.3 is 0 Å². The van der Waals surface area contributed by atoms with E-state index in [4.69, 9.17) is 12.2 Å². The monoisotopic (exact) mass is 213 g/mol.